The number of benzene rings is 1. The number of amidine groups is 1. The zero-order chi connectivity index (χ0) is 12.4. The molecule has 92 valence electrons. The quantitative estimate of drug-likeness (QED) is 0.860. The van der Waals surface area contributed by atoms with E-state index in [1.807, 2.05) is 11.8 Å². The number of aryl methyl sites for hydroxylation is 2. The standard InChI is InChI=1S/C14H20N2S/c1-9(2)13-8-17-14(16-13)15-12-6-5-10(3)11(4)7-12/h5-7,9,13H,8H2,1-4H3,(H,15,16)/t13-/m1/s1. The van der Waals surface area contributed by atoms with E-state index in [2.05, 4.69) is 51.2 Å². The predicted octanol–water partition coefficient (Wildman–Crippen LogP) is 3.84. The Bertz CT molecular complexity index is 438. The molecular weight excluding hydrogens is 228 g/mol. The Hall–Kier alpha value is -0.960. The van der Waals surface area contributed by atoms with Gasteiger partial charge in [-0.2, -0.15) is 0 Å². The van der Waals surface area contributed by atoms with Crippen molar-refractivity contribution >= 4 is 22.6 Å². The van der Waals surface area contributed by atoms with Gasteiger partial charge in [-0.3, -0.25) is 4.99 Å². The van der Waals surface area contributed by atoms with Gasteiger partial charge in [0.05, 0.1) is 6.04 Å². The van der Waals surface area contributed by atoms with Gasteiger partial charge in [0.15, 0.2) is 5.17 Å². The lowest BCUT2D eigenvalue weighted by atomic mass is 10.1. The summed E-state index contributed by atoms with van der Waals surface area (Å²) >= 11 is 1.82. The maximum atomic E-state index is 4.70. The number of nitrogens with zero attached hydrogens (tertiary/aromatic N) is 1. The lowest BCUT2D eigenvalue weighted by molar-refractivity contribution is 0.543. The minimum atomic E-state index is 0.467. The Morgan fingerprint density at radius 3 is 2.65 bits per heavy atom. The van der Waals surface area contributed by atoms with Crippen molar-refractivity contribution in [2.24, 2.45) is 10.9 Å². The maximum Gasteiger partial charge on any atom is 0.161 e. The van der Waals surface area contributed by atoms with Crippen LogP contribution in [0.1, 0.15) is 25.0 Å². The van der Waals surface area contributed by atoms with Gasteiger partial charge in [0.1, 0.15) is 0 Å². The van der Waals surface area contributed by atoms with Crippen LogP contribution in [0.25, 0.3) is 0 Å². The van der Waals surface area contributed by atoms with Crippen molar-refractivity contribution in [2.75, 3.05) is 11.1 Å². The summed E-state index contributed by atoms with van der Waals surface area (Å²) in [6.45, 7) is 8.73. The van der Waals surface area contributed by atoms with Crippen molar-refractivity contribution in [1.82, 2.24) is 0 Å². The number of rotatable bonds is 2. The first kappa shape index (κ1) is 12.5. The summed E-state index contributed by atoms with van der Waals surface area (Å²) in [7, 11) is 0. The molecule has 0 spiro atoms. The summed E-state index contributed by atoms with van der Waals surface area (Å²) in [6.07, 6.45) is 0. The fourth-order valence-electron chi connectivity index (χ4n) is 1.74. The van der Waals surface area contributed by atoms with E-state index < -0.39 is 0 Å². The van der Waals surface area contributed by atoms with Gasteiger partial charge < -0.3 is 5.32 Å². The van der Waals surface area contributed by atoms with Crippen molar-refractivity contribution in [3.63, 3.8) is 0 Å². The SMILES string of the molecule is Cc1ccc(NC2=N[C@@H](C(C)C)CS2)cc1C. The van der Waals surface area contributed by atoms with Gasteiger partial charge in [0.2, 0.25) is 0 Å². The Morgan fingerprint density at radius 1 is 1.29 bits per heavy atom. The van der Waals surface area contributed by atoms with Gasteiger partial charge in [0.25, 0.3) is 0 Å². The number of nitrogens with one attached hydrogen (secondary N) is 1. The van der Waals surface area contributed by atoms with E-state index in [1.165, 1.54) is 11.1 Å². The van der Waals surface area contributed by atoms with E-state index in [0.717, 1.165) is 16.6 Å². The largest absolute Gasteiger partial charge is 0.335 e. The summed E-state index contributed by atoms with van der Waals surface area (Å²) in [4.78, 5) is 4.70. The van der Waals surface area contributed by atoms with Crippen molar-refractivity contribution in [3.8, 4) is 0 Å². The van der Waals surface area contributed by atoms with E-state index in [0.29, 0.717) is 12.0 Å². The fourth-order valence-corrected chi connectivity index (χ4v) is 2.93. The molecule has 17 heavy (non-hydrogen) atoms. The molecule has 0 radical (unpaired) electrons. The normalized spacial score (nSPS) is 19.6. The lowest BCUT2D eigenvalue weighted by Crippen LogP contribution is -2.12. The van der Waals surface area contributed by atoms with Crippen LogP contribution in [-0.4, -0.2) is 17.0 Å². The molecule has 2 rings (SSSR count). The molecular formula is C14H20N2S. The molecule has 0 aliphatic carbocycles. The number of aliphatic imine (C=N–C) groups is 1. The molecule has 3 heteroatoms. The van der Waals surface area contributed by atoms with Gasteiger partial charge in [-0.25, -0.2) is 0 Å². The second kappa shape index (κ2) is 5.13. The monoisotopic (exact) mass is 248 g/mol. The zero-order valence-electron chi connectivity index (χ0n) is 10.9. The van der Waals surface area contributed by atoms with Crippen LogP contribution in [0.5, 0.6) is 0 Å². The molecule has 0 saturated carbocycles. The van der Waals surface area contributed by atoms with Crippen molar-refractivity contribution in [3.05, 3.63) is 29.3 Å². The van der Waals surface area contributed by atoms with E-state index in [-0.39, 0.29) is 0 Å². The maximum absolute atomic E-state index is 4.70. The third-order valence-electron chi connectivity index (χ3n) is 3.20. The summed E-state index contributed by atoms with van der Waals surface area (Å²) < 4.78 is 0. The molecule has 2 nitrogen and oxygen atoms in total. The molecule has 1 heterocycles. The molecule has 1 N–H and O–H groups in total. The highest BCUT2D eigenvalue weighted by Gasteiger charge is 2.20. The first-order valence-corrected chi connectivity index (χ1v) is 7.09. The molecule has 1 aromatic rings. The smallest absolute Gasteiger partial charge is 0.161 e. The van der Waals surface area contributed by atoms with Crippen LogP contribution in [0.15, 0.2) is 23.2 Å². The molecule has 0 fully saturated rings. The fraction of sp³-hybridized carbons (Fsp3) is 0.500. The average molecular weight is 248 g/mol. The minimum absolute atomic E-state index is 0.467. The first-order valence-electron chi connectivity index (χ1n) is 6.11. The minimum Gasteiger partial charge on any atom is -0.335 e. The summed E-state index contributed by atoms with van der Waals surface area (Å²) in [5.41, 5.74) is 3.79. The number of thioether (sulfide) groups is 1. The van der Waals surface area contributed by atoms with E-state index >= 15 is 0 Å². The van der Waals surface area contributed by atoms with Gasteiger partial charge in [-0.1, -0.05) is 31.7 Å². The Balaban J connectivity index is 2.06. The molecule has 1 aliphatic rings. The second-order valence-electron chi connectivity index (χ2n) is 4.98. The first-order chi connectivity index (χ1) is 8.06. The van der Waals surface area contributed by atoms with Gasteiger partial charge in [-0.15, -0.1) is 0 Å². The topological polar surface area (TPSA) is 24.4 Å². The van der Waals surface area contributed by atoms with Crippen LogP contribution in [-0.2, 0) is 0 Å². The molecule has 0 unspecified atom stereocenters. The third kappa shape index (κ3) is 3.03. The molecule has 0 bridgehead atoms. The molecule has 0 amide bonds. The molecule has 0 aromatic heterocycles. The van der Waals surface area contributed by atoms with Crippen LogP contribution < -0.4 is 5.32 Å². The van der Waals surface area contributed by atoms with Gasteiger partial charge >= 0.3 is 0 Å². The lowest BCUT2D eigenvalue weighted by Gasteiger charge is -2.08. The van der Waals surface area contributed by atoms with Crippen LogP contribution in [0.4, 0.5) is 5.69 Å². The van der Waals surface area contributed by atoms with Crippen molar-refractivity contribution < 1.29 is 0 Å². The van der Waals surface area contributed by atoms with Crippen LogP contribution in [0.3, 0.4) is 0 Å². The Labute approximate surface area is 108 Å². The summed E-state index contributed by atoms with van der Waals surface area (Å²) in [6, 6.07) is 6.92. The number of anilines is 1. The molecule has 1 aromatic carbocycles. The highest BCUT2D eigenvalue weighted by atomic mass is 32.2. The van der Waals surface area contributed by atoms with Crippen LogP contribution >= 0.6 is 11.8 Å². The van der Waals surface area contributed by atoms with Crippen molar-refractivity contribution in [1.29, 1.82) is 0 Å². The highest BCUT2D eigenvalue weighted by molar-refractivity contribution is 8.14. The second-order valence-corrected chi connectivity index (χ2v) is 5.99. The molecule has 0 saturated heterocycles. The molecule has 1 atom stereocenters. The predicted molar refractivity (Wildman–Crippen MR) is 78.1 cm³/mol. The highest BCUT2D eigenvalue weighted by Crippen LogP contribution is 2.25. The Morgan fingerprint density at radius 2 is 2.06 bits per heavy atom. The van der Waals surface area contributed by atoms with Crippen LogP contribution in [0, 0.1) is 19.8 Å². The van der Waals surface area contributed by atoms with Crippen molar-refractivity contribution in [2.45, 2.75) is 33.7 Å². The van der Waals surface area contributed by atoms with Gasteiger partial charge in [0, 0.05) is 11.4 Å². The van der Waals surface area contributed by atoms with E-state index in [9.17, 15) is 0 Å². The summed E-state index contributed by atoms with van der Waals surface area (Å²) in [5.74, 6) is 1.73. The van der Waals surface area contributed by atoms with E-state index in [4.69, 9.17) is 4.99 Å². The van der Waals surface area contributed by atoms with E-state index in [1.54, 1.807) is 0 Å². The molecule has 1 aliphatic heterocycles. The third-order valence-corrected chi connectivity index (χ3v) is 4.19. The van der Waals surface area contributed by atoms with Gasteiger partial charge in [-0.05, 0) is 43.0 Å². The average Bonchev–Trinajstić information content (AvgIpc) is 2.72. The number of hydrogen-bond donors (Lipinski definition) is 1. The Kier molecular flexibility index (Phi) is 3.77. The zero-order valence-corrected chi connectivity index (χ0v) is 11.8. The number of hydrogen-bond acceptors (Lipinski definition) is 3. The van der Waals surface area contributed by atoms with Crippen LogP contribution in [0.2, 0.25) is 0 Å². The summed E-state index contributed by atoms with van der Waals surface area (Å²) in [5, 5.41) is 4.47.